The average molecular weight is 187 g/mol. The summed E-state index contributed by atoms with van der Waals surface area (Å²) in [6, 6.07) is 0. The summed E-state index contributed by atoms with van der Waals surface area (Å²) in [7, 11) is 1.86. The summed E-state index contributed by atoms with van der Waals surface area (Å²) in [5.74, 6) is 0.279. The van der Waals surface area contributed by atoms with Gasteiger partial charge in [-0.1, -0.05) is 13.8 Å². The van der Waals surface area contributed by atoms with Gasteiger partial charge >= 0.3 is 0 Å². The molecule has 0 aromatic rings. The summed E-state index contributed by atoms with van der Waals surface area (Å²) >= 11 is 0. The van der Waals surface area contributed by atoms with Gasteiger partial charge in [-0.25, -0.2) is 0 Å². The fourth-order valence-electron chi connectivity index (χ4n) is 0.751. The van der Waals surface area contributed by atoms with Crippen molar-refractivity contribution in [2.75, 3.05) is 20.2 Å². The highest BCUT2D eigenvalue weighted by Crippen LogP contribution is 2.11. The Balaban J connectivity index is 4.15. The maximum absolute atomic E-state index is 11.4. The molecular weight excluding hydrogens is 166 g/mol. The van der Waals surface area contributed by atoms with Crippen LogP contribution in [0.25, 0.3) is 0 Å². The van der Waals surface area contributed by atoms with E-state index in [2.05, 4.69) is 0 Å². The maximum Gasteiger partial charge on any atom is 0.149 e. The molecule has 0 atom stereocenters. The second kappa shape index (κ2) is 4.72. The molecule has 0 saturated heterocycles. The first-order valence-electron chi connectivity index (χ1n) is 4.66. The summed E-state index contributed by atoms with van der Waals surface area (Å²) in [5.41, 5.74) is -0.315. The summed E-state index contributed by atoms with van der Waals surface area (Å²) in [6.07, 6.45) is 0. The molecule has 0 aromatic carbocycles. The molecule has 0 spiro atoms. The Bertz CT molecular complexity index is 176. The van der Waals surface area contributed by atoms with E-state index in [1.807, 2.05) is 39.6 Å². The molecule has 0 radical (unpaired) electrons. The first-order chi connectivity index (χ1) is 5.81. The van der Waals surface area contributed by atoms with Crippen LogP contribution in [0.1, 0.15) is 27.7 Å². The zero-order valence-corrected chi connectivity index (χ0v) is 9.29. The number of ketones is 1. The van der Waals surface area contributed by atoms with Crippen LogP contribution in [0.5, 0.6) is 0 Å². The molecule has 0 saturated carbocycles. The van der Waals surface area contributed by atoms with Gasteiger partial charge in [-0.3, -0.25) is 9.69 Å². The van der Waals surface area contributed by atoms with Gasteiger partial charge < -0.3 is 5.11 Å². The monoisotopic (exact) mass is 187 g/mol. The molecule has 0 heterocycles. The van der Waals surface area contributed by atoms with Crippen molar-refractivity contribution in [3.8, 4) is 0 Å². The first-order valence-corrected chi connectivity index (χ1v) is 4.66. The van der Waals surface area contributed by atoms with E-state index >= 15 is 0 Å². The molecule has 3 heteroatoms. The van der Waals surface area contributed by atoms with Crippen molar-refractivity contribution in [1.82, 2.24) is 4.90 Å². The zero-order chi connectivity index (χ0) is 10.6. The molecule has 0 amide bonds. The molecule has 78 valence electrons. The molecular formula is C10H21NO2. The second-order valence-electron chi connectivity index (χ2n) is 4.45. The molecule has 0 aromatic heterocycles. The Morgan fingerprint density at radius 3 is 2.23 bits per heavy atom. The number of carbonyl (C=O) groups excluding carboxylic acids is 1. The highest BCUT2D eigenvalue weighted by Gasteiger charge is 2.24. The van der Waals surface area contributed by atoms with Crippen LogP contribution in [-0.4, -0.2) is 41.5 Å². The number of aliphatic hydroxyl groups is 1. The van der Waals surface area contributed by atoms with Crippen molar-refractivity contribution in [2.24, 2.45) is 5.92 Å². The minimum absolute atomic E-state index is 0.0644. The molecule has 0 unspecified atom stereocenters. The number of aliphatic hydroxyl groups excluding tert-OH is 1. The van der Waals surface area contributed by atoms with E-state index in [0.29, 0.717) is 6.54 Å². The Morgan fingerprint density at radius 2 is 1.92 bits per heavy atom. The van der Waals surface area contributed by atoms with Gasteiger partial charge in [0.15, 0.2) is 0 Å². The largest absolute Gasteiger partial charge is 0.394 e. The molecule has 3 nitrogen and oxygen atoms in total. The van der Waals surface area contributed by atoms with Gasteiger partial charge in [-0.05, 0) is 20.9 Å². The average Bonchev–Trinajstić information content (AvgIpc) is 2.04. The van der Waals surface area contributed by atoms with Gasteiger partial charge in [0.05, 0.1) is 13.2 Å². The summed E-state index contributed by atoms with van der Waals surface area (Å²) in [6.45, 7) is 8.09. The molecule has 0 rings (SSSR count). The van der Waals surface area contributed by atoms with Crippen molar-refractivity contribution in [2.45, 2.75) is 33.2 Å². The highest BCUT2D eigenvalue weighted by molar-refractivity contribution is 5.82. The van der Waals surface area contributed by atoms with E-state index in [4.69, 9.17) is 5.11 Å². The number of rotatable bonds is 5. The summed E-state index contributed by atoms with van der Waals surface area (Å²) < 4.78 is 0. The van der Waals surface area contributed by atoms with Gasteiger partial charge in [-0.15, -0.1) is 0 Å². The number of carbonyl (C=O) groups is 1. The van der Waals surface area contributed by atoms with Crippen molar-refractivity contribution in [3.05, 3.63) is 0 Å². The molecule has 0 aliphatic heterocycles. The standard InChI is InChI=1S/C10H21NO2/c1-8(2)9(13)6-11(5)10(3,4)7-12/h8,12H,6-7H2,1-5H3. The van der Waals surface area contributed by atoms with Crippen LogP contribution in [-0.2, 0) is 4.79 Å². The first kappa shape index (κ1) is 12.6. The van der Waals surface area contributed by atoms with Gasteiger partial charge in [0.1, 0.15) is 5.78 Å². The summed E-state index contributed by atoms with van der Waals surface area (Å²) in [4.78, 5) is 13.3. The van der Waals surface area contributed by atoms with Crippen molar-refractivity contribution < 1.29 is 9.90 Å². The topological polar surface area (TPSA) is 40.5 Å². The van der Waals surface area contributed by atoms with Crippen molar-refractivity contribution in [1.29, 1.82) is 0 Å². The quantitative estimate of drug-likeness (QED) is 0.695. The fourth-order valence-corrected chi connectivity index (χ4v) is 0.751. The van der Waals surface area contributed by atoms with E-state index < -0.39 is 0 Å². The Hall–Kier alpha value is -0.410. The van der Waals surface area contributed by atoms with Crippen molar-refractivity contribution >= 4 is 5.78 Å². The number of hydrogen-bond acceptors (Lipinski definition) is 3. The molecule has 0 aliphatic carbocycles. The lowest BCUT2D eigenvalue weighted by Gasteiger charge is -2.33. The van der Waals surface area contributed by atoms with E-state index in [1.54, 1.807) is 0 Å². The van der Waals surface area contributed by atoms with Gasteiger partial charge in [0.25, 0.3) is 0 Å². The van der Waals surface area contributed by atoms with Crippen LogP contribution in [0.3, 0.4) is 0 Å². The minimum atomic E-state index is -0.315. The predicted octanol–water partition coefficient (Wildman–Crippen LogP) is 0.914. The van der Waals surface area contributed by atoms with Crippen LogP contribution < -0.4 is 0 Å². The van der Waals surface area contributed by atoms with E-state index in [-0.39, 0.29) is 23.8 Å². The Labute approximate surface area is 80.7 Å². The van der Waals surface area contributed by atoms with Gasteiger partial charge in [0, 0.05) is 11.5 Å². The smallest absolute Gasteiger partial charge is 0.149 e. The van der Waals surface area contributed by atoms with Gasteiger partial charge in [-0.2, -0.15) is 0 Å². The van der Waals surface area contributed by atoms with Crippen LogP contribution in [0.2, 0.25) is 0 Å². The molecule has 13 heavy (non-hydrogen) atoms. The lowest BCUT2D eigenvalue weighted by Crippen LogP contribution is -2.47. The number of nitrogens with zero attached hydrogens (tertiary/aromatic N) is 1. The van der Waals surface area contributed by atoms with Crippen LogP contribution in [0.15, 0.2) is 0 Å². The van der Waals surface area contributed by atoms with E-state index in [0.717, 1.165) is 0 Å². The predicted molar refractivity (Wildman–Crippen MR) is 53.6 cm³/mol. The van der Waals surface area contributed by atoms with E-state index in [9.17, 15) is 4.79 Å². The van der Waals surface area contributed by atoms with Crippen LogP contribution in [0.4, 0.5) is 0 Å². The van der Waals surface area contributed by atoms with E-state index in [1.165, 1.54) is 0 Å². The number of hydrogen-bond donors (Lipinski definition) is 1. The van der Waals surface area contributed by atoms with Crippen LogP contribution >= 0.6 is 0 Å². The fraction of sp³-hybridized carbons (Fsp3) is 0.900. The molecule has 1 N–H and O–H groups in total. The second-order valence-corrected chi connectivity index (χ2v) is 4.45. The zero-order valence-electron chi connectivity index (χ0n) is 9.29. The maximum atomic E-state index is 11.4. The molecule has 0 aliphatic rings. The molecule has 0 fully saturated rings. The highest BCUT2D eigenvalue weighted by atomic mass is 16.3. The lowest BCUT2D eigenvalue weighted by atomic mass is 10.0. The lowest BCUT2D eigenvalue weighted by molar-refractivity contribution is -0.124. The third kappa shape index (κ3) is 3.87. The third-order valence-corrected chi connectivity index (χ3v) is 2.46. The van der Waals surface area contributed by atoms with Gasteiger partial charge in [0.2, 0.25) is 0 Å². The van der Waals surface area contributed by atoms with Crippen molar-refractivity contribution in [3.63, 3.8) is 0 Å². The summed E-state index contributed by atoms with van der Waals surface area (Å²) in [5, 5.41) is 9.06. The number of likely N-dealkylation sites (N-methyl/N-ethyl adjacent to an activating group) is 1. The van der Waals surface area contributed by atoms with Crippen LogP contribution in [0, 0.1) is 5.92 Å². The minimum Gasteiger partial charge on any atom is -0.394 e. The Morgan fingerprint density at radius 1 is 1.46 bits per heavy atom. The molecule has 0 bridgehead atoms. The Kier molecular flexibility index (Phi) is 4.57. The SMILES string of the molecule is CC(C)C(=O)CN(C)C(C)(C)CO. The number of Topliss-reactive ketones (excluding diaryl/α,β-unsaturated/α-hetero) is 1. The third-order valence-electron chi connectivity index (χ3n) is 2.46. The normalized spacial score (nSPS) is 12.6.